The number of carbonyl (C=O) groups excluding carboxylic acids is 1. The molecule has 0 fully saturated rings. The van der Waals surface area contributed by atoms with Crippen LogP contribution in [0.4, 0.5) is 5.69 Å². The molecule has 0 aliphatic carbocycles. The highest BCUT2D eigenvalue weighted by molar-refractivity contribution is 7.80. The van der Waals surface area contributed by atoms with Crippen molar-refractivity contribution in [1.82, 2.24) is 9.55 Å². The third-order valence-corrected chi connectivity index (χ3v) is 3.61. The standard InChI is InChI=1S/C15H18N4OS/c1-10-11(2)19(9-17-10)8-7-14(20)18-13-6-4-3-5-12(13)15(16)21/h3-6,9H,7-8H2,1-2H3,(H2,16,21)(H,18,20). The molecule has 6 heteroatoms. The molecule has 0 atom stereocenters. The van der Waals surface area contributed by atoms with Crippen molar-refractivity contribution in [3.05, 3.63) is 47.5 Å². The van der Waals surface area contributed by atoms with Gasteiger partial charge < -0.3 is 15.6 Å². The third-order valence-electron chi connectivity index (χ3n) is 3.39. The molecule has 0 bridgehead atoms. The fraction of sp³-hybridized carbons (Fsp3) is 0.267. The van der Waals surface area contributed by atoms with E-state index in [0.717, 1.165) is 11.4 Å². The molecule has 0 saturated carbocycles. The van der Waals surface area contributed by atoms with Gasteiger partial charge >= 0.3 is 0 Å². The van der Waals surface area contributed by atoms with E-state index in [0.29, 0.717) is 24.2 Å². The maximum Gasteiger partial charge on any atom is 0.226 e. The van der Waals surface area contributed by atoms with Crippen LogP contribution in [-0.4, -0.2) is 20.4 Å². The number of thiocarbonyl (C=S) groups is 1. The first-order valence-corrected chi connectivity index (χ1v) is 7.07. The van der Waals surface area contributed by atoms with Crippen LogP contribution >= 0.6 is 12.2 Å². The number of amides is 1. The summed E-state index contributed by atoms with van der Waals surface area (Å²) in [5.41, 5.74) is 9.02. The van der Waals surface area contributed by atoms with Gasteiger partial charge in [-0.3, -0.25) is 4.79 Å². The van der Waals surface area contributed by atoms with Crippen LogP contribution in [0.1, 0.15) is 23.4 Å². The van der Waals surface area contributed by atoms with Crippen molar-refractivity contribution in [2.75, 3.05) is 5.32 Å². The summed E-state index contributed by atoms with van der Waals surface area (Å²) < 4.78 is 1.97. The lowest BCUT2D eigenvalue weighted by Gasteiger charge is -2.10. The Balaban J connectivity index is 1.99. The predicted octanol–water partition coefficient (Wildman–Crippen LogP) is 2.16. The van der Waals surface area contributed by atoms with Gasteiger partial charge in [-0.25, -0.2) is 4.98 Å². The first-order chi connectivity index (χ1) is 9.99. The molecular weight excluding hydrogens is 284 g/mol. The average molecular weight is 302 g/mol. The fourth-order valence-electron chi connectivity index (χ4n) is 2.01. The van der Waals surface area contributed by atoms with Crippen LogP contribution in [-0.2, 0) is 11.3 Å². The first-order valence-electron chi connectivity index (χ1n) is 6.66. The molecule has 110 valence electrons. The molecule has 1 amide bonds. The minimum Gasteiger partial charge on any atom is -0.389 e. The minimum absolute atomic E-state index is 0.0792. The third kappa shape index (κ3) is 3.66. The number of para-hydroxylation sites is 1. The topological polar surface area (TPSA) is 72.9 Å². The molecule has 2 rings (SSSR count). The first kappa shape index (κ1) is 15.2. The fourth-order valence-corrected chi connectivity index (χ4v) is 2.19. The summed E-state index contributed by atoms with van der Waals surface area (Å²) in [6.07, 6.45) is 2.11. The van der Waals surface area contributed by atoms with Gasteiger partial charge in [0.05, 0.1) is 17.7 Å². The van der Waals surface area contributed by atoms with Gasteiger partial charge in [-0.1, -0.05) is 24.4 Å². The van der Waals surface area contributed by atoms with Crippen LogP contribution in [0.25, 0.3) is 0 Å². The summed E-state index contributed by atoms with van der Waals surface area (Å²) in [6, 6.07) is 7.25. The van der Waals surface area contributed by atoms with E-state index in [4.69, 9.17) is 18.0 Å². The highest BCUT2D eigenvalue weighted by atomic mass is 32.1. The molecule has 1 aromatic heterocycles. The second-order valence-electron chi connectivity index (χ2n) is 4.82. The number of nitrogens with one attached hydrogen (secondary N) is 1. The number of hydrogen-bond donors (Lipinski definition) is 2. The molecule has 0 aliphatic rings. The summed E-state index contributed by atoms with van der Waals surface area (Å²) in [4.78, 5) is 16.5. The van der Waals surface area contributed by atoms with Crippen LogP contribution < -0.4 is 11.1 Å². The second-order valence-corrected chi connectivity index (χ2v) is 5.26. The van der Waals surface area contributed by atoms with Gasteiger partial charge in [0.25, 0.3) is 0 Å². The Morgan fingerprint density at radius 3 is 2.71 bits per heavy atom. The molecule has 21 heavy (non-hydrogen) atoms. The number of aromatic nitrogens is 2. The molecule has 0 aliphatic heterocycles. The molecule has 0 spiro atoms. The zero-order valence-corrected chi connectivity index (χ0v) is 12.9. The van der Waals surface area contributed by atoms with Crippen LogP contribution in [0, 0.1) is 13.8 Å². The lowest BCUT2D eigenvalue weighted by molar-refractivity contribution is -0.116. The van der Waals surface area contributed by atoms with Crippen molar-refractivity contribution in [3.63, 3.8) is 0 Å². The maximum atomic E-state index is 12.0. The Labute approximate surface area is 129 Å². The number of imidazole rings is 1. The van der Waals surface area contributed by atoms with E-state index in [1.807, 2.05) is 30.5 Å². The maximum absolute atomic E-state index is 12.0. The van der Waals surface area contributed by atoms with Crippen LogP contribution in [0.2, 0.25) is 0 Å². The molecule has 5 nitrogen and oxygen atoms in total. The van der Waals surface area contributed by atoms with E-state index >= 15 is 0 Å². The Hall–Kier alpha value is -2.21. The number of carbonyl (C=O) groups is 1. The predicted molar refractivity (Wildman–Crippen MR) is 87.3 cm³/mol. The Bertz CT molecular complexity index is 678. The molecule has 0 radical (unpaired) electrons. The number of aryl methyl sites for hydroxylation is 2. The van der Waals surface area contributed by atoms with Crippen molar-refractivity contribution < 1.29 is 4.79 Å². The van der Waals surface area contributed by atoms with E-state index in [2.05, 4.69) is 10.3 Å². The zero-order valence-electron chi connectivity index (χ0n) is 12.1. The lowest BCUT2D eigenvalue weighted by Crippen LogP contribution is -2.18. The van der Waals surface area contributed by atoms with Crippen molar-refractivity contribution in [3.8, 4) is 0 Å². The van der Waals surface area contributed by atoms with Crippen LogP contribution in [0.3, 0.4) is 0 Å². The summed E-state index contributed by atoms with van der Waals surface area (Å²) in [7, 11) is 0. The number of hydrogen-bond acceptors (Lipinski definition) is 3. The quantitative estimate of drug-likeness (QED) is 0.830. The van der Waals surface area contributed by atoms with E-state index in [9.17, 15) is 4.79 Å². The van der Waals surface area contributed by atoms with Crippen LogP contribution in [0.15, 0.2) is 30.6 Å². The van der Waals surface area contributed by atoms with E-state index in [1.165, 1.54) is 0 Å². The highest BCUT2D eigenvalue weighted by Crippen LogP contribution is 2.15. The molecular formula is C15H18N4OS. The summed E-state index contributed by atoms with van der Waals surface area (Å²) >= 11 is 4.98. The average Bonchev–Trinajstić information content (AvgIpc) is 2.77. The van der Waals surface area contributed by atoms with Gasteiger partial charge in [-0.2, -0.15) is 0 Å². The molecule has 2 aromatic rings. The number of rotatable bonds is 5. The molecule has 0 unspecified atom stereocenters. The molecule has 1 aromatic carbocycles. The number of anilines is 1. The number of nitrogens with zero attached hydrogens (tertiary/aromatic N) is 2. The van der Waals surface area contributed by atoms with E-state index in [-0.39, 0.29) is 10.9 Å². The second kappa shape index (κ2) is 6.49. The Morgan fingerprint density at radius 2 is 2.10 bits per heavy atom. The summed E-state index contributed by atoms with van der Waals surface area (Å²) in [6.45, 7) is 4.53. The zero-order chi connectivity index (χ0) is 15.4. The SMILES string of the molecule is Cc1ncn(CCC(=O)Nc2ccccc2C(N)=S)c1C. The van der Waals surface area contributed by atoms with Gasteiger partial charge in [0, 0.05) is 24.2 Å². The van der Waals surface area contributed by atoms with Gasteiger partial charge in [0.15, 0.2) is 0 Å². The van der Waals surface area contributed by atoms with Gasteiger partial charge in [-0.05, 0) is 26.0 Å². The van der Waals surface area contributed by atoms with Crippen molar-refractivity contribution in [2.45, 2.75) is 26.8 Å². The van der Waals surface area contributed by atoms with Crippen molar-refractivity contribution in [1.29, 1.82) is 0 Å². The monoisotopic (exact) mass is 302 g/mol. The molecule has 0 saturated heterocycles. The Morgan fingerprint density at radius 1 is 1.38 bits per heavy atom. The smallest absolute Gasteiger partial charge is 0.226 e. The largest absolute Gasteiger partial charge is 0.389 e. The number of nitrogens with two attached hydrogens (primary N) is 1. The van der Waals surface area contributed by atoms with Gasteiger partial charge in [0.2, 0.25) is 5.91 Å². The minimum atomic E-state index is -0.0792. The van der Waals surface area contributed by atoms with E-state index < -0.39 is 0 Å². The highest BCUT2D eigenvalue weighted by Gasteiger charge is 2.09. The number of benzene rings is 1. The van der Waals surface area contributed by atoms with Gasteiger partial charge in [0.1, 0.15) is 4.99 Å². The lowest BCUT2D eigenvalue weighted by atomic mass is 10.1. The summed E-state index contributed by atoms with van der Waals surface area (Å²) in [5, 5.41) is 2.85. The van der Waals surface area contributed by atoms with Crippen molar-refractivity contribution in [2.24, 2.45) is 5.73 Å². The van der Waals surface area contributed by atoms with Crippen LogP contribution in [0.5, 0.6) is 0 Å². The normalized spacial score (nSPS) is 10.4. The Kier molecular flexibility index (Phi) is 4.70. The molecule has 1 heterocycles. The molecule has 3 N–H and O–H groups in total. The van der Waals surface area contributed by atoms with Crippen molar-refractivity contribution >= 4 is 28.8 Å². The van der Waals surface area contributed by atoms with Gasteiger partial charge in [-0.15, -0.1) is 0 Å². The van der Waals surface area contributed by atoms with E-state index in [1.54, 1.807) is 18.5 Å². The summed E-state index contributed by atoms with van der Waals surface area (Å²) in [5.74, 6) is -0.0792.